The van der Waals surface area contributed by atoms with Gasteiger partial charge >= 0.3 is 0 Å². The van der Waals surface area contributed by atoms with Gasteiger partial charge in [-0.05, 0) is 51.2 Å². The Labute approximate surface area is 128 Å². The van der Waals surface area contributed by atoms with Crippen LogP contribution in [0.25, 0.3) is 0 Å². The normalized spacial score (nSPS) is 19.5. The molecule has 2 heterocycles. The number of aromatic nitrogens is 1. The third-order valence-electron chi connectivity index (χ3n) is 3.81. The summed E-state index contributed by atoms with van der Waals surface area (Å²) in [6.07, 6.45) is 4.42. The summed E-state index contributed by atoms with van der Waals surface area (Å²) in [5.41, 5.74) is 1.36. The number of ether oxygens (including phenoxy) is 1. The molecule has 0 aromatic carbocycles. The van der Waals surface area contributed by atoms with Gasteiger partial charge in [0.25, 0.3) is 0 Å². The largest absolute Gasteiger partial charge is 0.381 e. The van der Waals surface area contributed by atoms with Crippen LogP contribution in [0.5, 0.6) is 0 Å². The topological polar surface area (TPSA) is 37.4 Å². The standard InChI is InChI=1S/C17H29N3O/c1-17(2,3)19-11-14-7-8-16(18-10-14)20(4)12-15-6-5-9-21-13-15/h7-8,10,15,19H,5-6,9,11-13H2,1-4H3. The van der Waals surface area contributed by atoms with Crippen molar-refractivity contribution in [1.82, 2.24) is 10.3 Å². The maximum absolute atomic E-state index is 5.55. The predicted octanol–water partition coefficient (Wildman–Crippen LogP) is 2.83. The fraction of sp³-hybridized carbons (Fsp3) is 0.706. The molecular weight excluding hydrogens is 262 g/mol. The zero-order chi connectivity index (χ0) is 15.3. The maximum Gasteiger partial charge on any atom is 0.128 e. The summed E-state index contributed by atoms with van der Waals surface area (Å²) in [4.78, 5) is 6.83. The van der Waals surface area contributed by atoms with Crippen LogP contribution < -0.4 is 10.2 Å². The van der Waals surface area contributed by atoms with Crippen LogP contribution >= 0.6 is 0 Å². The molecule has 1 unspecified atom stereocenters. The SMILES string of the molecule is CN(CC1CCCOC1)c1ccc(CNC(C)(C)C)cn1. The minimum absolute atomic E-state index is 0.135. The molecule has 1 atom stereocenters. The van der Waals surface area contributed by atoms with E-state index in [9.17, 15) is 0 Å². The molecule has 0 aliphatic carbocycles. The molecule has 0 bridgehead atoms. The van der Waals surface area contributed by atoms with Crippen LogP contribution in [0.15, 0.2) is 18.3 Å². The number of nitrogens with zero attached hydrogens (tertiary/aromatic N) is 2. The van der Waals surface area contributed by atoms with E-state index in [1.807, 2.05) is 6.20 Å². The van der Waals surface area contributed by atoms with Gasteiger partial charge in [0.1, 0.15) is 5.82 Å². The fourth-order valence-electron chi connectivity index (χ4n) is 2.55. The summed E-state index contributed by atoms with van der Waals surface area (Å²) in [5.74, 6) is 1.67. The number of rotatable bonds is 5. The van der Waals surface area contributed by atoms with Crippen molar-refractivity contribution in [2.45, 2.75) is 45.7 Å². The van der Waals surface area contributed by atoms with Crippen molar-refractivity contribution in [3.63, 3.8) is 0 Å². The Morgan fingerprint density at radius 2 is 2.19 bits per heavy atom. The second-order valence-electron chi connectivity index (χ2n) is 7.09. The van der Waals surface area contributed by atoms with Crippen molar-refractivity contribution in [3.8, 4) is 0 Å². The van der Waals surface area contributed by atoms with E-state index in [2.05, 4.69) is 55.2 Å². The van der Waals surface area contributed by atoms with Crippen molar-refractivity contribution in [3.05, 3.63) is 23.9 Å². The highest BCUT2D eigenvalue weighted by Crippen LogP contribution is 2.18. The Hall–Kier alpha value is -1.13. The molecule has 1 aliphatic rings. The zero-order valence-corrected chi connectivity index (χ0v) is 13.9. The molecule has 0 radical (unpaired) electrons. The van der Waals surface area contributed by atoms with Gasteiger partial charge in [0.15, 0.2) is 0 Å². The molecule has 1 aromatic heterocycles. The van der Waals surface area contributed by atoms with Gasteiger partial charge in [-0.1, -0.05) is 6.07 Å². The average Bonchev–Trinajstić information content (AvgIpc) is 2.46. The van der Waals surface area contributed by atoms with Crippen LogP contribution in [-0.2, 0) is 11.3 Å². The van der Waals surface area contributed by atoms with Gasteiger partial charge in [0, 0.05) is 38.5 Å². The molecule has 0 spiro atoms. The van der Waals surface area contributed by atoms with E-state index in [0.29, 0.717) is 5.92 Å². The van der Waals surface area contributed by atoms with E-state index < -0.39 is 0 Å². The number of hydrogen-bond acceptors (Lipinski definition) is 4. The molecule has 0 amide bonds. The highest BCUT2D eigenvalue weighted by molar-refractivity contribution is 5.38. The van der Waals surface area contributed by atoms with E-state index >= 15 is 0 Å². The van der Waals surface area contributed by atoms with Crippen molar-refractivity contribution < 1.29 is 4.74 Å². The number of nitrogens with one attached hydrogen (secondary N) is 1. The van der Waals surface area contributed by atoms with Crippen molar-refractivity contribution >= 4 is 5.82 Å². The van der Waals surface area contributed by atoms with Crippen LogP contribution in [0, 0.1) is 5.92 Å². The smallest absolute Gasteiger partial charge is 0.128 e. The van der Waals surface area contributed by atoms with Crippen LogP contribution in [-0.4, -0.2) is 37.3 Å². The van der Waals surface area contributed by atoms with E-state index in [0.717, 1.165) is 32.1 Å². The van der Waals surface area contributed by atoms with Crippen molar-refractivity contribution in [2.75, 3.05) is 31.7 Å². The van der Waals surface area contributed by atoms with E-state index in [1.54, 1.807) is 0 Å². The van der Waals surface area contributed by atoms with E-state index in [4.69, 9.17) is 4.74 Å². The molecular formula is C17H29N3O. The van der Waals surface area contributed by atoms with Gasteiger partial charge in [-0.3, -0.25) is 0 Å². The first-order valence-corrected chi connectivity index (χ1v) is 7.93. The third-order valence-corrected chi connectivity index (χ3v) is 3.81. The fourth-order valence-corrected chi connectivity index (χ4v) is 2.55. The highest BCUT2D eigenvalue weighted by Gasteiger charge is 2.16. The minimum Gasteiger partial charge on any atom is -0.381 e. The Kier molecular flexibility index (Phi) is 5.59. The van der Waals surface area contributed by atoms with Gasteiger partial charge < -0.3 is 15.0 Å². The van der Waals surface area contributed by atoms with Gasteiger partial charge in [-0.25, -0.2) is 4.98 Å². The number of anilines is 1. The molecule has 4 heteroatoms. The second-order valence-corrected chi connectivity index (χ2v) is 7.09. The molecule has 4 nitrogen and oxygen atoms in total. The van der Waals surface area contributed by atoms with Crippen molar-refractivity contribution in [1.29, 1.82) is 0 Å². The lowest BCUT2D eigenvalue weighted by Crippen LogP contribution is -2.35. The highest BCUT2D eigenvalue weighted by atomic mass is 16.5. The second kappa shape index (κ2) is 7.23. The number of pyridine rings is 1. The monoisotopic (exact) mass is 291 g/mol. The molecule has 21 heavy (non-hydrogen) atoms. The van der Waals surface area contributed by atoms with E-state index in [1.165, 1.54) is 18.4 Å². The summed E-state index contributed by atoms with van der Waals surface area (Å²) in [5, 5.41) is 3.48. The quantitative estimate of drug-likeness (QED) is 0.905. The predicted molar refractivity (Wildman–Crippen MR) is 87.6 cm³/mol. The van der Waals surface area contributed by atoms with Crippen LogP contribution in [0.1, 0.15) is 39.2 Å². The third kappa shape index (κ3) is 5.64. The lowest BCUT2D eigenvalue weighted by atomic mass is 10.0. The van der Waals surface area contributed by atoms with Crippen LogP contribution in [0.4, 0.5) is 5.82 Å². The molecule has 1 N–H and O–H groups in total. The first-order valence-electron chi connectivity index (χ1n) is 7.93. The summed E-state index contributed by atoms with van der Waals surface area (Å²) >= 11 is 0. The Morgan fingerprint density at radius 1 is 1.38 bits per heavy atom. The molecule has 1 fully saturated rings. The van der Waals surface area contributed by atoms with Gasteiger partial charge in [-0.15, -0.1) is 0 Å². The lowest BCUT2D eigenvalue weighted by Gasteiger charge is -2.27. The zero-order valence-electron chi connectivity index (χ0n) is 13.9. The van der Waals surface area contributed by atoms with Crippen LogP contribution in [0.3, 0.4) is 0 Å². The van der Waals surface area contributed by atoms with Gasteiger partial charge in [0.05, 0.1) is 6.61 Å². The Bertz CT molecular complexity index is 419. The minimum atomic E-state index is 0.135. The lowest BCUT2D eigenvalue weighted by molar-refractivity contribution is 0.0576. The molecule has 118 valence electrons. The molecule has 1 aromatic rings. The summed E-state index contributed by atoms with van der Waals surface area (Å²) < 4.78 is 5.55. The Morgan fingerprint density at radius 3 is 2.76 bits per heavy atom. The van der Waals surface area contributed by atoms with Gasteiger partial charge in [-0.2, -0.15) is 0 Å². The molecule has 2 rings (SSSR count). The van der Waals surface area contributed by atoms with E-state index in [-0.39, 0.29) is 5.54 Å². The Balaban J connectivity index is 1.85. The van der Waals surface area contributed by atoms with Gasteiger partial charge in [0.2, 0.25) is 0 Å². The average molecular weight is 291 g/mol. The van der Waals surface area contributed by atoms with Crippen molar-refractivity contribution in [2.24, 2.45) is 5.92 Å². The number of hydrogen-bond donors (Lipinski definition) is 1. The molecule has 1 aliphatic heterocycles. The molecule has 0 saturated carbocycles. The summed E-state index contributed by atoms with van der Waals surface area (Å²) in [7, 11) is 2.12. The summed E-state index contributed by atoms with van der Waals surface area (Å²) in [6, 6.07) is 4.28. The van der Waals surface area contributed by atoms with Crippen LogP contribution in [0.2, 0.25) is 0 Å². The first kappa shape index (κ1) is 16.2. The molecule has 1 saturated heterocycles. The summed E-state index contributed by atoms with van der Waals surface area (Å²) in [6.45, 7) is 10.2. The first-order chi connectivity index (χ1) is 9.94. The maximum atomic E-state index is 5.55.